The Hall–Kier alpha value is -3.61. The molecule has 0 unspecified atom stereocenters. The summed E-state index contributed by atoms with van der Waals surface area (Å²) in [6.45, 7) is 3.96. The molecule has 2 aromatic carbocycles. The van der Waals surface area contributed by atoms with Crippen LogP contribution in [0.2, 0.25) is 0 Å². The smallest absolute Gasteiger partial charge is 0.244 e. The van der Waals surface area contributed by atoms with Gasteiger partial charge in [0.25, 0.3) is 0 Å². The number of nitrogens with zero attached hydrogens (tertiary/aromatic N) is 4. The number of benzene rings is 2. The molecule has 7 heteroatoms. The number of nitrogens with one attached hydrogen (secondary N) is 1. The van der Waals surface area contributed by atoms with Gasteiger partial charge < -0.3 is 5.32 Å². The third-order valence-electron chi connectivity index (χ3n) is 4.42. The molecule has 0 saturated carbocycles. The summed E-state index contributed by atoms with van der Waals surface area (Å²) in [5.74, 6) is 0.219. The van der Waals surface area contributed by atoms with Crippen molar-refractivity contribution in [2.75, 3.05) is 0 Å². The molecule has 3 aromatic rings. The molecule has 0 radical (unpaired) electrons. The van der Waals surface area contributed by atoms with Gasteiger partial charge in [-0.25, -0.2) is 0 Å². The predicted octanol–water partition coefficient (Wildman–Crippen LogP) is 3.15. The van der Waals surface area contributed by atoms with E-state index in [4.69, 9.17) is 0 Å². The molecule has 1 N–H and O–H groups in total. The second-order valence-electron chi connectivity index (χ2n) is 7.41. The highest BCUT2D eigenvalue weighted by molar-refractivity contribution is 5.96. The molecule has 1 amide bonds. The summed E-state index contributed by atoms with van der Waals surface area (Å²) in [4.78, 5) is 26.5. The van der Waals surface area contributed by atoms with E-state index in [9.17, 15) is 9.59 Å². The molecule has 0 aliphatic rings. The molecular formula is C23H25N5O2. The van der Waals surface area contributed by atoms with Crippen molar-refractivity contribution in [1.82, 2.24) is 25.5 Å². The molecule has 7 nitrogen and oxygen atoms in total. The SMILES string of the molecule is CC(C)C[C@H](NC(=O)C=Cc1ccccc1)C(=O)Cn1nnc(-c2ccccc2)n1. The topological polar surface area (TPSA) is 89.8 Å². The first-order valence-electron chi connectivity index (χ1n) is 9.91. The maximum Gasteiger partial charge on any atom is 0.244 e. The average molecular weight is 403 g/mol. The van der Waals surface area contributed by atoms with E-state index in [1.807, 2.05) is 74.5 Å². The van der Waals surface area contributed by atoms with Gasteiger partial charge in [-0.15, -0.1) is 10.2 Å². The summed E-state index contributed by atoms with van der Waals surface area (Å²) in [5, 5.41) is 15.1. The summed E-state index contributed by atoms with van der Waals surface area (Å²) in [5.41, 5.74) is 1.74. The van der Waals surface area contributed by atoms with Crippen molar-refractivity contribution in [3.05, 3.63) is 72.3 Å². The molecule has 0 aliphatic heterocycles. The number of tetrazole rings is 1. The molecule has 0 bridgehead atoms. The van der Waals surface area contributed by atoms with Gasteiger partial charge >= 0.3 is 0 Å². The van der Waals surface area contributed by atoms with Crippen molar-refractivity contribution in [1.29, 1.82) is 0 Å². The lowest BCUT2D eigenvalue weighted by molar-refractivity contribution is -0.126. The predicted molar refractivity (Wildman–Crippen MR) is 115 cm³/mol. The van der Waals surface area contributed by atoms with Gasteiger partial charge in [-0.05, 0) is 29.2 Å². The van der Waals surface area contributed by atoms with Crippen LogP contribution in [0.4, 0.5) is 0 Å². The van der Waals surface area contributed by atoms with Gasteiger partial charge in [0.2, 0.25) is 11.7 Å². The van der Waals surface area contributed by atoms with Crippen LogP contribution in [-0.2, 0) is 16.1 Å². The lowest BCUT2D eigenvalue weighted by atomic mass is 10.00. The number of rotatable bonds is 9. The first-order valence-corrected chi connectivity index (χ1v) is 9.91. The summed E-state index contributed by atoms with van der Waals surface area (Å²) >= 11 is 0. The minimum absolute atomic E-state index is 0.0557. The largest absolute Gasteiger partial charge is 0.343 e. The van der Waals surface area contributed by atoms with Crippen LogP contribution >= 0.6 is 0 Å². The Labute approximate surface area is 175 Å². The number of hydrogen-bond acceptors (Lipinski definition) is 5. The number of carbonyl (C=O) groups is 2. The molecule has 1 atom stereocenters. The second-order valence-corrected chi connectivity index (χ2v) is 7.41. The van der Waals surface area contributed by atoms with Gasteiger partial charge in [0.1, 0.15) is 6.54 Å². The molecular weight excluding hydrogens is 378 g/mol. The van der Waals surface area contributed by atoms with E-state index in [1.165, 1.54) is 10.9 Å². The van der Waals surface area contributed by atoms with Gasteiger partial charge in [-0.1, -0.05) is 74.5 Å². The van der Waals surface area contributed by atoms with Crippen molar-refractivity contribution in [2.45, 2.75) is 32.9 Å². The fourth-order valence-corrected chi connectivity index (χ4v) is 2.96. The Bertz CT molecular complexity index is 997. The van der Waals surface area contributed by atoms with Crippen molar-refractivity contribution >= 4 is 17.8 Å². The van der Waals surface area contributed by atoms with Crippen molar-refractivity contribution in [3.8, 4) is 11.4 Å². The number of carbonyl (C=O) groups excluding carboxylic acids is 2. The maximum absolute atomic E-state index is 12.8. The highest BCUT2D eigenvalue weighted by Gasteiger charge is 2.22. The van der Waals surface area contributed by atoms with Crippen LogP contribution in [0.5, 0.6) is 0 Å². The molecule has 0 saturated heterocycles. The quantitative estimate of drug-likeness (QED) is 0.554. The zero-order chi connectivity index (χ0) is 21.3. The first kappa shape index (κ1) is 21.1. The molecule has 3 rings (SSSR count). The number of hydrogen-bond donors (Lipinski definition) is 1. The summed E-state index contributed by atoms with van der Waals surface area (Å²) in [7, 11) is 0. The van der Waals surface area contributed by atoms with Crippen LogP contribution < -0.4 is 5.32 Å². The van der Waals surface area contributed by atoms with E-state index in [1.54, 1.807) is 6.08 Å². The number of ketones is 1. The van der Waals surface area contributed by atoms with Crippen molar-refractivity contribution in [3.63, 3.8) is 0 Å². The van der Waals surface area contributed by atoms with Gasteiger partial charge in [-0.3, -0.25) is 9.59 Å². The second kappa shape index (κ2) is 10.2. The van der Waals surface area contributed by atoms with E-state index < -0.39 is 6.04 Å². The normalized spacial score (nSPS) is 12.2. The van der Waals surface area contributed by atoms with Crippen LogP contribution in [0.1, 0.15) is 25.8 Å². The maximum atomic E-state index is 12.8. The minimum atomic E-state index is -0.621. The minimum Gasteiger partial charge on any atom is -0.343 e. The van der Waals surface area contributed by atoms with Crippen LogP contribution in [0.15, 0.2) is 66.7 Å². The number of Topliss-reactive ketones (excluding diaryl/α,β-unsaturated/α-hetero) is 1. The summed E-state index contributed by atoms with van der Waals surface area (Å²) in [6, 6.07) is 18.3. The number of amides is 1. The fourth-order valence-electron chi connectivity index (χ4n) is 2.96. The lowest BCUT2D eigenvalue weighted by Gasteiger charge is -2.18. The van der Waals surface area contributed by atoms with Crippen molar-refractivity contribution in [2.24, 2.45) is 5.92 Å². The van der Waals surface area contributed by atoms with Gasteiger partial charge in [0, 0.05) is 11.6 Å². The Morgan fingerprint density at radius 3 is 2.37 bits per heavy atom. The van der Waals surface area contributed by atoms with Crippen LogP contribution in [0.3, 0.4) is 0 Å². The van der Waals surface area contributed by atoms with Crippen LogP contribution in [0.25, 0.3) is 17.5 Å². The Morgan fingerprint density at radius 2 is 1.70 bits per heavy atom. The van der Waals surface area contributed by atoms with E-state index in [-0.39, 0.29) is 24.2 Å². The average Bonchev–Trinajstić information content (AvgIpc) is 3.21. The van der Waals surface area contributed by atoms with Crippen LogP contribution in [0, 0.1) is 5.92 Å². The van der Waals surface area contributed by atoms with Crippen molar-refractivity contribution < 1.29 is 9.59 Å². The molecule has 0 aliphatic carbocycles. The molecule has 30 heavy (non-hydrogen) atoms. The highest BCUT2D eigenvalue weighted by Crippen LogP contribution is 2.12. The molecule has 0 fully saturated rings. The van der Waals surface area contributed by atoms with E-state index in [0.717, 1.165) is 11.1 Å². The first-order chi connectivity index (χ1) is 14.5. The molecule has 0 spiro atoms. The standard InChI is InChI=1S/C23H25N5O2/c1-17(2)15-20(24-22(30)14-13-18-9-5-3-6-10-18)21(29)16-28-26-23(25-27-28)19-11-7-4-8-12-19/h3-14,17,20H,15-16H2,1-2H3,(H,24,30)/t20-/m0/s1. The lowest BCUT2D eigenvalue weighted by Crippen LogP contribution is -2.42. The third-order valence-corrected chi connectivity index (χ3v) is 4.42. The van der Waals surface area contributed by atoms with Gasteiger partial charge in [-0.2, -0.15) is 4.80 Å². The molecule has 1 heterocycles. The zero-order valence-corrected chi connectivity index (χ0v) is 17.1. The monoisotopic (exact) mass is 403 g/mol. The van der Waals surface area contributed by atoms with E-state index in [2.05, 4.69) is 20.7 Å². The number of aromatic nitrogens is 4. The molecule has 1 aromatic heterocycles. The fraction of sp³-hybridized carbons (Fsp3) is 0.261. The van der Waals surface area contributed by atoms with E-state index >= 15 is 0 Å². The highest BCUT2D eigenvalue weighted by atomic mass is 16.2. The molecule has 154 valence electrons. The Balaban J connectivity index is 1.64. The van der Waals surface area contributed by atoms with E-state index in [0.29, 0.717) is 12.2 Å². The summed E-state index contributed by atoms with van der Waals surface area (Å²) < 4.78 is 0. The van der Waals surface area contributed by atoms with Gasteiger partial charge in [0.05, 0.1) is 6.04 Å². The van der Waals surface area contributed by atoms with Crippen LogP contribution in [-0.4, -0.2) is 37.9 Å². The third kappa shape index (κ3) is 6.20. The zero-order valence-electron chi connectivity index (χ0n) is 17.1. The Kier molecular flexibility index (Phi) is 7.21. The van der Waals surface area contributed by atoms with Gasteiger partial charge in [0.15, 0.2) is 5.78 Å². The summed E-state index contributed by atoms with van der Waals surface area (Å²) in [6.07, 6.45) is 3.69. The Morgan fingerprint density at radius 1 is 1.03 bits per heavy atom.